The summed E-state index contributed by atoms with van der Waals surface area (Å²) in [5, 5.41) is 4.51. The van der Waals surface area contributed by atoms with E-state index < -0.39 is 0 Å². The second-order valence-electron chi connectivity index (χ2n) is 5.09. The van der Waals surface area contributed by atoms with E-state index in [1.165, 1.54) is 0 Å². The van der Waals surface area contributed by atoms with E-state index in [2.05, 4.69) is 5.10 Å². The average molecular weight is 257 g/mol. The number of carbonyl (C=O) groups is 1. The SMILES string of the molecule is CC(C)c1nn2ccccc2c1C(=O)/C=C/N(C)C. The Hall–Kier alpha value is -2.10. The minimum Gasteiger partial charge on any atom is -0.383 e. The highest BCUT2D eigenvalue weighted by molar-refractivity contribution is 6.10. The quantitative estimate of drug-likeness (QED) is 0.624. The molecule has 19 heavy (non-hydrogen) atoms. The first-order chi connectivity index (χ1) is 9.00. The van der Waals surface area contributed by atoms with Crippen LogP contribution in [0, 0.1) is 0 Å². The molecule has 0 spiro atoms. The van der Waals surface area contributed by atoms with Crippen molar-refractivity contribution >= 4 is 11.3 Å². The van der Waals surface area contributed by atoms with Crippen LogP contribution < -0.4 is 0 Å². The van der Waals surface area contributed by atoms with Crippen LogP contribution >= 0.6 is 0 Å². The second-order valence-corrected chi connectivity index (χ2v) is 5.09. The minimum absolute atomic E-state index is 0.00130. The standard InChI is InChI=1S/C15H19N3O/c1-11(2)15-14(13(19)8-10-17(3)4)12-7-5-6-9-18(12)16-15/h5-11H,1-4H3/b10-8+. The van der Waals surface area contributed by atoms with Gasteiger partial charge in [-0.05, 0) is 18.1 Å². The lowest BCUT2D eigenvalue weighted by atomic mass is 10.0. The van der Waals surface area contributed by atoms with E-state index in [4.69, 9.17) is 0 Å². The van der Waals surface area contributed by atoms with Crippen LogP contribution in [0.15, 0.2) is 36.7 Å². The molecule has 0 bridgehead atoms. The maximum atomic E-state index is 12.4. The molecule has 0 saturated heterocycles. The number of hydrogen-bond acceptors (Lipinski definition) is 3. The third-order valence-electron chi connectivity index (χ3n) is 2.88. The van der Waals surface area contributed by atoms with Crippen LogP contribution in [0.3, 0.4) is 0 Å². The van der Waals surface area contributed by atoms with E-state index >= 15 is 0 Å². The number of pyridine rings is 1. The van der Waals surface area contributed by atoms with Gasteiger partial charge in [0.1, 0.15) is 0 Å². The summed E-state index contributed by atoms with van der Waals surface area (Å²) in [5.74, 6) is 0.213. The molecule has 0 atom stereocenters. The van der Waals surface area contributed by atoms with Gasteiger partial charge in [-0.15, -0.1) is 0 Å². The zero-order chi connectivity index (χ0) is 14.0. The molecule has 0 fully saturated rings. The maximum absolute atomic E-state index is 12.4. The number of allylic oxidation sites excluding steroid dienone is 1. The highest BCUT2D eigenvalue weighted by Gasteiger charge is 2.19. The Kier molecular flexibility index (Phi) is 3.69. The van der Waals surface area contributed by atoms with Crippen molar-refractivity contribution in [2.24, 2.45) is 0 Å². The smallest absolute Gasteiger partial charge is 0.191 e. The molecule has 0 aliphatic carbocycles. The van der Waals surface area contributed by atoms with Gasteiger partial charge in [-0.25, -0.2) is 4.52 Å². The Balaban J connectivity index is 2.56. The van der Waals surface area contributed by atoms with E-state index in [0.29, 0.717) is 5.56 Å². The number of rotatable bonds is 4. The van der Waals surface area contributed by atoms with Crippen molar-refractivity contribution in [1.29, 1.82) is 0 Å². The first-order valence-corrected chi connectivity index (χ1v) is 6.37. The highest BCUT2D eigenvalue weighted by atomic mass is 16.1. The average Bonchev–Trinajstić information content (AvgIpc) is 2.75. The largest absolute Gasteiger partial charge is 0.383 e. The van der Waals surface area contributed by atoms with Crippen LogP contribution in [-0.4, -0.2) is 34.4 Å². The molecular formula is C15H19N3O. The van der Waals surface area contributed by atoms with Crippen molar-refractivity contribution in [2.45, 2.75) is 19.8 Å². The van der Waals surface area contributed by atoms with E-state index in [9.17, 15) is 4.79 Å². The lowest BCUT2D eigenvalue weighted by molar-refractivity contribution is 0.104. The van der Waals surface area contributed by atoms with Gasteiger partial charge < -0.3 is 4.90 Å². The Morgan fingerprint density at radius 3 is 2.74 bits per heavy atom. The summed E-state index contributed by atoms with van der Waals surface area (Å²) in [6.45, 7) is 4.10. The monoisotopic (exact) mass is 257 g/mol. The zero-order valence-electron chi connectivity index (χ0n) is 11.8. The van der Waals surface area contributed by atoms with Crippen molar-refractivity contribution in [3.05, 3.63) is 47.9 Å². The Morgan fingerprint density at radius 2 is 2.11 bits per heavy atom. The second kappa shape index (κ2) is 5.26. The van der Waals surface area contributed by atoms with Crippen molar-refractivity contribution in [3.8, 4) is 0 Å². The molecule has 4 nitrogen and oxygen atoms in total. The molecule has 0 N–H and O–H groups in total. The van der Waals surface area contributed by atoms with Gasteiger partial charge in [0.15, 0.2) is 5.78 Å². The lowest BCUT2D eigenvalue weighted by Crippen LogP contribution is -2.05. The fourth-order valence-corrected chi connectivity index (χ4v) is 1.97. The van der Waals surface area contributed by atoms with Crippen molar-refractivity contribution < 1.29 is 4.79 Å². The fraction of sp³-hybridized carbons (Fsp3) is 0.333. The van der Waals surface area contributed by atoms with Crippen LogP contribution in [0.4, 0.5) is 0 Å². The summed E-state index contributed by atoms with van der Waals surface area (Å²) in [6, 6.07) is 5.76. The minimum atomic E-state index is -0.00130. The third-order valence-corrected chi connectivity index (χ3v) is 2.88. The Morgan fingerprint density at radius 1 is 1.37 bits per heavy atom. The number of carbonyl (C=O) groups excluding carboxylic acids is 1. The molecule has 0 aliphatic heterocycles. The van der Waals surface area contributed by atoms with Gasteiger partial charge >= 0.3 is 0 Å². The number of fused-ring (bicyclic) bond motifs is 1. The van der Waals surface area contributed by atoms with Gasteiger partial charge in [-0.1, -0.05) is 19.9 Å². The van der Waals surface area contributed by atoms with Crippen molar-refractivity contribution in [2.75, 3.05) is 14.1 Å². The molecule has 2 heterocycles. The highest BCUT2D eigenvalue weighted by Crippen LogP contribution is 2.23. The van der Waals surface area contributed by atoms with Gasteiger partial charge in [0.05, 0.1) is 16.8 Å². The van der Waals surface area contributed by atoms with Crippen LogP contribution in [-0.2, 0) is 0 Å². The molecule has 0 unspecified atom stereocenters. The third kappa shape index (κ3) is 2.67. The molecule has 0 aliphatic rings. The Labute approximate surface area is 113 Å². The van der Waals surface area contributed by atoms with E-state index in [0.717, 1.165) is 11.2 Å². The van der Waals surface area contributed by atoms with Gasteiger partial charge in [-0.3, -0.25) is 4.79 Å². The molecule has 0 amide bonds. The molecular weight excluding hydrogens is 238 g/mol. The van der Waals surface area contributed by atoms with Gasteiger partial charge in [0.25, 0.3) is 0 Å². The first-order valence-electron chi connectivity index (χ1n) is 6.37. The Bertz CT molecular complexity index is 623. The van der Waals surface area contributed by atoms with Gasteiger partial charge in [-0.2, -0.15) is 5.10 Å². The number of aromatic nitrogens is 2. The molecule has 0 radical (unpaired) electrons. The van der Waals surface area contributed by atoms with E-state index in [1.807, 2.05) is 57.2 Å². The fourth-order valence-electron chi connectivity index (χ4n) is 1.97. The van der Waals surface area contributed by atoms with E-state index in [-0.39, 0.29) is 11.7 Å². The molecule has 0 saturated carbocycles. The van der Waals surface area contributed by atoms with Crippen molar-refractivity contribution in [1.82, 2.24) is 14.5 Å². The number of hydrogen-bond donors (Lipinski definition) is 0. The predicted octanol–water partition coefficient (Wildman–Crippen LogP) is 2.72. The number of nitrogens with zero attached hydrogens (tertiary/aromatic N) is 3. The predicted molar refractivity (Wildman–Crippen MR) is 76.4 cm³/mol. The van der Waals surface area contributed by atoms with Crippen LogP contribution in [0.2, 0.25) is 0 Å². The van der Waals surface area contributed by atoms with Crippen molar-refractivity contribution in [3.63, 3.8) is 0 Å². The molecule has 2 aromatic heterocycles. The first kappa shape index (κ1) is 13.3. The summed E-state index contributed by atoms with van der Waals surface area (Å²) < 4.78 is 1.77. The van der Waals surface area contributed by atoms with Crippen LogP contribution in [0.1, 0.15) is 35.8 Å². The summed E-state index contributed by atoms with van der Waals surface area (Å²) in [6.07, 6.45) is 5.22. The van der Waals surface area contributed by atoms with E-state index in [1.54, 1.807) is 16.8 Å². The molecule has 2 rings (SSSR count). The number of ketones is 1. The molecule has 2 aromatic rings. The normalized spacial score (nSPS) is 11.6. The molecule has 0 aromatic carbocycles. The summed E-state index contributed by atoms with van der Waals surface area (Å²) in [5.41, 5.74) is 2.41. The summed E-state index contributed by atoms with van der Waals surface area (Å²) >= 11 is 0. The van der Waals surface area contributed by atoms with Gasteiger partial charge in [0.2, 0.25) is 0 Å². The zero-order valence-corrected chi connectivity index (χ0v) is 11.8. The summed E-state index contributed by atoms with van der Waals surface area (Å²) in [7, 11) is 3.78. The topological polar surface area (TPSA) is 37.6 Å². The lowest BCUT2D eigenvalue weighted by Gasteiger charge is -2.04. The molecule has 100 valence electrons. The molecule has 4 heteroatoms. The van der Waals surface area contributed by atoms with Crippen LogP contribution in [0.25, 0.3) is 5.52 Å². The van der Waals surface area contributed by atoms with Gasteiger partial charge in [0, 0.05) is 32.6 Å². The maximum Gasteiger partial charge on any atom is 0.191 e. The van der Waals surface area contributed by atoms with Crippen LogP contribution in [0.5, 0.6) is 0 Å². The summed E-state index contributed by atoms with van der Waals surface area (Å²) in [4.78, 5) is 14.2.